The zero-order chi connectivity index (χ0) is 13.3. The quantitative estimate of drug-likeness (QED) is 0.846. The van der Waals surface area contributed by atoms with E-state index in [-0.39, 0.29) is 0 Å². The second-order valence-corrected chi connectivity index (χ2v) is 6.93. The molecule has 1 aromatic carbocycles. The van der Waals surface area contributed by atoms with E-state index < -0.39 is 0 Å². The number of halogens is 1. The Bertz CT molecular complexity index is 678. The predicted molar refractivity (Wildman–Crippen MR) is 80.2 cm³/mol. The molecule has 2 saturated heterocycles. The topological polar surface area (TPSA) is 44.0 Å². The van der Waals surface area contributed by atoms with E-state index in [4.69, 9.17) is 11.6 Å². The summed E-state index contributed by atoms with van der Waals surface area (Å²) in [7, 11) is 0. The summed E-state index contributed by atoms with van der Waals surface area (Å²) in [4.78, 5) is 2.52. The van der Waals surface area contributed by atoms with Gasteiger partial charge in [0.1, 0.15) is 0 Å². The molecule has 4 atom stereocenters. The van der Waals surface area contributed by atoms with Crippen molar-refractivity contribution in [2.45, 2.75) is 12.5 Å². The summed E-state index contributed by atoms with van der Waals surface area (Å²) in [6, 6.07) is 4.68. The van der Waals surface area contributed by atoms with Crippen LogP contribution >= 0.6 is 11.6 Å². The highest BCUT2D eigenvalue weighted by atomic mass is 35.5. The van der Waals surface area contributed by atoms with Gasteiger partial charge in [0.15, 0.2) is 0 Å². The number of H-pyrrole nitrogens is 1. The zero-order valence-corrected chi connectivity index (χ0v) is 11.9. The molecule has 104 valence electrons. The van der Waals surface area contributed by atoms with Crippen molar-refractivity contribution in [2.24, 2.45) is 17.8 Å². The molecule has 1 aliphatic carbocycles. The molecule has 0 radical (unpaired) electrons. The fourth-order valence-corrected chi connectivity index (χ4v) is 4.57. The average molecular weight is 289 g/mol. The van der Waals surface area contributed by atoms with Crippen LogP contribution in [0.3, 0.4) is 0 Å². The second kappa shape index (κ2) is 3.89. The maximum atomic E-state index is 6.28. The second-order valence-electron chi connectivity index (χ2n) is 6.49. The standard InChI is InChI=1S/C15H17ClN4/c16-8-1-14-12(5-18-19-14)15(2-8)20-6-9-3-10-11(4-17-9)13(10)7-20/h1-2,5,9-11,13,17H,3-4,6-7H2,(H,18,19)/t9-,10+,11+,13+/m0/s1. The molecule has 0 unspecified atom stereocenters. The number of hydrogen-bond acceptors (Lipinski definition) is 3. The average Bonchev–Trinajstić information content (AvgIpc) is 2.92. The highest BCUT2D eigenvalue weighted by Gasteiger charge is 2.55. The van der Waals surface area contributed by atoms with Crippen molar-refractivity contribution < 1.29 is 0 Å². The molecule has 2 aromatic rings. The Kier molecular flexibility index (Phi) is 2.22. The molecule has 2 aliphatic heterocycles. The zero-order valence-electron chi connectivity index (χ0n) is 11.1. The van der Waals surface area contributed by atoms with E-state index >= 15 is 0 Å². The van der Waals surface area contributed by atoms with Crippen LogP contribution in [0.25, 0.3) is 10.9 Å². The Morgan fingerprint density at radius 3 is 3.10 bits per heavy atom. The van der Waals surface area contributed by atoms with E-state index in [1.165, 1.54) is 30.6 Å². The van der Waals surface area contributed by atoms with E-state index in [1.54, 1.807) is 0 Å². The minimum atomic E-state index is 0.629. The highest BCUT2D eigenvalue weighted by molar-refractivity contribution is 6.31. The van der Waals surface area contributed by atoms with Gasteiger partial charge in [0.25, 0.3) is 0 Å². The Labute approximate surface area is 122 Å². The van der Waals surface area contributed by atoms with E-state index in [0.717, 1.165) is 34.8 Å². The number of aromatic amines is 1. The normalized spacial score (nSPS) is 35.1. The lowest BCUT2D eigenvalue weighted by Crippen LogP contribution is -2.45. The lowest BCUT2D eigenvalue weighted by atomic mass is 10.0. The molecule has 1 aromatic heterocycles. The molecule has 3 aliphatic rings. The summed E-state index contributed by atoms with van der Waals surface area (Å²) in [6.45, 7) is 3.49. The van der Waals surface area contributed by atoms with Crippen LogP contribution in [-0.2, 0) is 0 Å². The molecular formula is C15H17ClN4. The number of rotatable bonds is 1. The van der Waals surface area contributed by atoms with E-state index in [0.29, 0.717) is 6.04 Å². The first-order valence-corrected chi connectivity index (χ1v) is 7.78. The molecule has 0 spiro atoms. The molecule has 3 heterocycles. The van der Waals surface area contributed by atoms with Gasteiger partial charge in [-0.25, -0.2) is 0 Å². The monoisotopic (exact) mass is 288 g/mol. The summed E-state index contributed by atoms with van der Waals surface area (Å²) >= 11 is 6.28. The number of anilines is 1. The highest BCUT2D eigenvalue weighted by Crippen LogP contribution is 2.53. The van der Waals surface area contributed by atoms with Crippen LogP contribution in [0.2, 0.25) is 5.02 Å². The number of nitrogens with zero attached hydrogens (tertiary/aromatic N) is 2. The minimum absolute atomic E-state index is 0.629. The summed E-state index contributed by atoms with van der Waals surface area (Å²) in [6.07, 6.45) is 3.27. The molecule has 2 N–H and O–H groups in total. The van der Waals surface area contributed by atoms with E-state index in [9.17, 15) is 0 Å². The fraction of sp³-hybridized carbons (Fsp3) is 0.533. The van der Waals surface area contributed by atoms with Crippen LogP contribution in [0.5, 0.6) is 0 Å². The molecule has 3 fully saturated rings. The number of aromatic nitrogens is 2. The molecule has 1 saturated carbocycles. The molecule has 4 nitrogen and oxygen atoms in total. The van der Waals surface area contributed by atoms with Crippen molar-refractivity contribution in [2.75, 3.05) is 24.5 Å². The number of hydrogen-bond donors (Lipinski definition) is 2. The molecule has 0 amide bonds. The van der Waals surface area contributed by atoms with Gasteiger partial charge in [0.05, 0.1) is 11.7 Å². The third kappa shape index (κ3) is 1.55. The molecule has 20 heavy (non-hydrogen) atoms. The number of benzene rings is 1. The van der Waals surface area contributed by atoms with Crippen molar-refractivity contribution >= 4 is 28.2 Å². The van der Waals surface area contributed by atoms with Crippen molar-refractivity contribution in [1.29, 1.82) is 0 Å². The van der Waals surface area contributed by atoms with Gasteiger partial charge >= 0.3 is 0 Å². The number of fused-ring (bicyclic) bond motifs is 3. The third-order valence-electron chi connectivity index (χ3n) is 5.42. The Morgan fingerprint density at radius 2 is 2.15 bits per heavy atom. The molecule has 5 rings (SSSR count). The summed E-state index contributed by atoms with van der Waals surface area (Å²) in [5.41, 5.74) is 2.27. The van der Waals surface area contributed by atoms with Crippen LogP contribution in [0.1, 0.15) is 6.42 Å². The van der Waals surface area contributed by atoms with E-state index in [1.807, 2.05) is 12.3 Å². The first-order valence-electron chi connectivity index (χ1n) is 7.40. The van der Waals surface area contributed by atoms with Crippen molar-refractivity contribution in [3.05, 3.63) is 23.4 Å². The van der Waals surface area contributed by atoms with Crippen LogP contribution in [-0.4, -0.2) is 35.9 Å². The Hall–Kier alpha value is -1.26. The maximum absolute atomic E-state index is 6.28. The van der Waals surface area contributed by atoms with Crippen LogP contribution in [0, 0.1) is 17.8 Å². The van der Waals surface area contributed by atoms with Crippen LogP contribution in [0.15, 0.2) is 18.3 Å². The SMILES string of the molecule is Clc1cc(N2C[C@@H]3C[C@@H]4[C@@H](CN3)[C@@H]4C2)c2cn[nH]c2c1. The van der Waals surface area contributed by atoms with Gasteiger partial charge in [-0.1, -0.05) is 11.6 Å². The summed E-state index contributed by atoms with van der Waals surface area (Å²) in [5.74, 6) is 2.74. The molecule has 2 bridgehead atoms. The van der Waals surface area contributed by atoms with Crippen LogP contribution in [0.4, 0.5) is 5.69 Å². The lowest BCUT2D eigenvalue weighted by molar-refractivity contribution is 0.385. The van der Waals surface area contributed by atoms with Gasteiger partial charge in [-0.2, -0.15) is 5.10 Å². The predicted octanol–water partition coefficient (Wildman–Crippen LogP) is 2.26. The Balaban J connectivity index is 1.59. The van der Waals surface area contributed by atoms with Crippen molar-refractivity contribution in [3.8, 4) is 0 Å². The Morgan fingerprint density at radius 1 is 1.20 bits per heavy atom. The van der Waals surface area contributed by atoms with Gasteiger partial charge < -0.3 is 10.2 Å². The van der Waals surface area contributed by atoms with Gasteiger partial charge in [-0.15, -0.1) is 0 Å². The summed E-state index contributed by atoms with van der Waals surface area (Å²) in [5, 5.41) is 12.9. The fourth-order valence-electron chi connectivity index (χ4n) is 4.35. The molecular weight excluding hydrogens is 272 g/mol. The van der Waals surface area contributed by atoms with Gasteiger partial charge in [-0.3, -0.25) is 5.10 Å². The van der Waals surface area contributed by atoms with E-state index in [2.05, 4.69) is 26.5 Å². The van der Waals surface area contributed by atoms with Crippen molar-refractivity contribution in [1.82, 2.24) is 15.5 Å². The largest absolute Gasteiger partial charge is 0.369 e. The van der Waals surface area contributed by atoms with Crippen LogP contribution < -0.4 is 10.2 Å². The first-order chi connectivity index (χ1) is 9.79. The minimum Gasteiger partial charge on any atom is -0.369 e. The first kappa shape index (κ1) is 11.4. The van der Waals surface area contributed by atoms with Gasteiger partial charge in [-0.05, 0) is 42.9 Å². The summed E-state index contributed by atoms with van der Waals surface area (Å²) < 4.78 is 0. The molecule has 5 heteroatoms. The van der Waals surface area contributed by atoms with Gasteiger partial charge in [0, 0.05) is 35.2 Å². The number of nitrogens with one attached hydrogen (secondary N) is 2. The smallest absolute Gasteiger partial charge is 0.0686 e. The lowest BCUT2D eigenvalue weighted by Gasteiger charge is -2.32. The maximum Gasteiger partial charge on any atom is 0.0686 e. The third-order valence-corrected chi connectivity index (χ3v) is 5.64. The number of piperidine rings is 1. The van der Waals surface area contributed by atoms with Gasteiger partial charge in [0.2, 0.25) is 0 Å². The van der Waals surface area contributed by atoms with Crippen molar-refractivity contribution in [3.63, 3.8) is 0 Å².